The van der Waals surface area contributed by atoms with E-state index in [1.807, 2.05) is 0 Å². The lowest BCUT2D eigenvalue weighted by Gasteiger charge is -2.35. The lowest BCUT2D eigenvalue weighted by Crippen LogP contribution is -2.36. The maximum Gasteiger partial charge on any atom is 0.0472 e. The van der Waals surface area contributed by atoms with Gasteiger partial charge in [0.15, 0.2) is 0 Å². The summed E-state index contributed by atoms with van der Waals surface area (Å²) in [5.74, 6) is 0.897. The van der Waals surface area contributed by atoms with Crippen LogP contribution >= 0.6 is 0 Å². The molecule has 0 saturated heterocycles. The highest BCUT2D eigenvalue weighted by Gasteiger charge is 2.24. The van der Waals surface area contributed by atoms with Crippen LogP contribution in [0.3, 0.4) is 0 Å². The molecular formula is C16H26N2. The van der Waals surface area contributed by atoms with E-state index in [9.17, 15) is 0 Å². The maximum atomic E-state index is 6.04. The van der Waals surface area contributed by atoms with Crippen molar-refractivity contribution in [3.05, 3.63) is 34.9 Å². The van der Waals surface area contributed by atoms with Crippen molar-refractivity contribution in [3.63, 3.8) is 0 Å². The van der Waals surface area contributed by atoms with E-state index in [4.69, 9.17) is 5.73 Å². The Labute approximate surface area is 111 Å². The summed E-state index contributed by atoms with van der Waals surface area (Å²) in [6.07, 6.45) is 4.21. The van der Waals surface area contributed by atoms with E-state index in [2.05, 4.69) is 44.0 Å². The van der Waals surface area contributed by atoms with Crippen molar-refractivity contribution in [2.45, 2.75) is 39.2 Å². The van der Waals surface area contributed by atoms with E-state index in [0.29, 0.717) is 12.6 Å². The Morgan fingerprint density at radius 1 is 1.28 bits per heavy atom. The standard InChI is InChI=1S/C16H26N2/c1-12-6-4-7-13(2)16(12)15(10-17)18(3)11-14-8-5-9-14/h4,6-7,14-15H,5,8-11,17H2,1-3H3. The van der Waals surface area contributed by atoms with Crippen LogP contribution in [0.2, 0.25) is 0 Å². The Bertz CT molecular complexity index is 376. The van der Waals surface area contributed by atoms with Gasteiger partial charge >= 0.3 is 0 Å². The normalized spacial score (nSPS) is 17.8. The van der Waals surface area contributed by atoms with Gasteiger partial charge in [-0.2, -0.15) is 0 Å². The topological polar surface area (TPSA) is 29.3 Å². The molecule has 100 valence electrons. The van der Waals surface area contributed by atoms with Crippen LogP contribution in [-0.4, -0.2) is 25.0 Å². The average molecular weight is 246 g/mol. The van der Waals surface area contributed by atoms with Crippen LogP contribution in [0.5, 0.6) is 0 Å². The molecule has 0 aliphatic heterocycles. The minimum absolute atomic E-state index is 0.367. The summed E-state index contributed by atoms with van der Waals surface area (Å²) >= 11 is 0. The Balaban J connectivity index is 2.15. The van der Waals surface area contributed by atoms with Gasteiger partial charge in [0.1, 0.15) is 0 Å². The predicted molar refractivity (Wildman–Crippen MR) is 77.7 cm³/mol. The molecule has 0 heterocycles. The quantitative estimate of drug-likeness (QED) is 0.865. The monoisotopic (exact) mass is 246 g/mol. The van der Waals surface area contributed by atoms with Crippen LogP contribution in [0.15, 0.2) is 18.2 Å². The number of nitrogens with two attached hydrogens (primary N) is 1. The van der Waals surface area contributed by atoms with E-state index in [0.717, 1.165) is 5.92 Å². The van der Waals surface area contributed by atoms with Gasteiger partial charge in [0.05, 0.1) is 0 Å². The molecule has 18 heavy (non-hydrogen) atoms. The lowest BCUT2D eigenvalue weighted by atomic mass is 9.84. The number of benzene rings is 1. The number of hydrogen-bond acceptors (Lipinski definition) is 2. The number of aryl methyl sites for hydroxylation is 2. The fourth-order valence-corrected chi connectivity index (χ4v) is 3.08. The predicted octanol–water partition coefficient (Wildman–Crippen LogP) is 3.04. The molecule has 1 aromatic rings. The fraction of sp³-hybridized carbons (Fsp3) is 0.625. The summed E-state index contributed by atoms with van der Waals surface area (Å²) in [4.78, 5) is 2.46. The number of rotatable bonds is 5. The molecule has 1 aromatic carbocycles. The molecule has 0 aromatic heterocycles. The molecule has 2 rings (SSSR count). The van der Waals surface area contributed by atoms with Gasteiger partial charge in [-0.15, -0.1) is 0 Å². The van der Waals surface area contributed by atoms with Crippen molar-refractivity contribution in [1.82, 2.24) is 4.90 Å². The minimum Gasteiger partial charge on any atom is -0.329 e. The average Bonchev–Trinajstić information content (AvgIpc) is 2.28. The van der Waals surface area contributed by atoms with Crippen LogP contribution in [-0.2, 0) is 0 Å². The molecule has 2 heteroatoms. The van der Waals surface area contributed by atoms with E-state index in [1.54, 1.807) is 0 Å². The number of hydrogen-bond donors (Lipinski definition) is 1. The van der Waals surface area contributed by atoms with Gasteiger partial charge in [0.2, 0.25) is 0 Å². The third-order valence-electron chi connectivity index (χ3n) is 4.40. The molecule has 0 radical (unpaired) electrons. The molecular weight excluding hydrogens is 220 g/mol. The van der Waals surface area contributed by atoms with Crippen molar-refractivity contribution >= 4 is 0 Å². The highest BCUT2D eigenvalue weighted by atomic mass is 15.1. The van der Waals surface area contributed by atoms with Gasteiger partial charge in [0, 0.05) is 19.1 Å². The van der Waals surface area contributed by atoms with Gasteiger partial charge in [-0.3, -0.25) is 4.90 Å². The van der Waals surface area contributed by atoms with Gasteiger partial charge in [-0.05, 0) is 56.3 Å². The molecule has 0 spiro atoms. The Kier molecular flexibility index (Phi) is 4.41. The van der Waals surface area contributed by atoms with Crippen LogP contribution in [0, 0.1) is 19.8 Å². The first kappa shape index (κ1) is 13.6. The highest BCUT2D eigenvalue weighted by molar-refractivity contribution is 5.36. The molecule has 1 aliphatic carbocycles. The summed E-state index contributed by atoms with van der Waals surface area (Å²) in [6.45, 7) is 6.29. The fourth-order valence-electron chi connectivity index (χ4n) is 3.08. The van der Waals surface area contributed by atoms with E-state index < -0.39 is 0 Å². The van der Waals surface area contributed by atoms with Gasteiger partial charge in [-0.25, -0.2) is 0 Å². The van der Waals surface area contributed by atoms with E-state index in [-0.39, 0.29) is 0 Å². The SMILES string of the molecule is Cc1cccc(C)c1C(CN)N(C)CC1CCC1. The zero-order valence-electron chi connectivity index (χ0n) is 11.9. The Morgan fingerprint density at radius 2 is 1.89 bits per heavy atom. The van der Waals surface area contributed by atoms with Crippen LogP contribution in [0.4, 0.5) is 0 Å². The van der Waals surface area contributed by atoms with Crippen molar-refractivity contribution in [1.29, 1.82) is 0 Å². The molecule has 1 saturated carbocycles. The summed E-state index contributed by atoms with van der Waals surface area (Å²) < 4.78 is 0. The number of likely N-dealkylation sites (N-methyl/N-ethyl adjacent to an activating group) is 1. The van der Waals surface area contributed by atoms with Gasteiger partial charge in [-0.1, -0.05) is 24.6 Å². The summed E-state index contributed by atoms with van der Waals surface area (Å²) in [5, 5.41) is 0. The Morgan fingerprint density at radius 3 is 2.33 bits per heavy atom. The second-order valence-corrected chi connectivity index (χ2v) is 5.79. The molecule has 1 aliphatic rings. The molecule has 1 unspecified atom stereocenters. The van der Waals surface area contributed by atoms with Crippen molar-refractivity contribution in [3.8, 4) is 0 Å². The number of nitrogens with zero attached hydrogens (tertiary/aromatic N) is 1. The first-order chi connectivity index (χ1) is 8.63. The molecule has 0 amide bonds. The van der Waals surface area contributed by atoms with Crippen LogP contribution < -0.4 is 5.73 Å². The highest BCUT2D eigenvalue weighted by Crippen LogP contribution is 2.31. The molecule has 2 nitrogen and oxygen atoms in total. The van der Waals surface area contributed by atoms with E-state index >= 15 is 0 Å². The van der Waals surface area contributed by atoms with E-state index in [1.165, 1.54) is 42.5 Å². The Hall–Kier alpha value is -0.860. The second-order valence-electron chi connectivity index (χ2n) is 5.79. The lowest BCUT2D eigenvalue weighted by molar-refractivity contribution is 0.164. The molecule has 1 fully saturated rings. The van der Waals surface area contributed by atoms with Gasteiger partial charge < -0.3 is 5.73 Å². The largest absolute Gasteiger partial charge is 0.329 e. The second kappa shape index (κ2) is 5.85. The first-order valence-corrected chi connectivity index (χ1v) is 7.10. The van der Waals surface area contributed by atoms with Gasteiger partial charge in [0.25, 0.3) is 0 Å². The summed E-state index contributed by atoms with van der Waals surface area (Å²) in [7, 11) is 2.22. The van der Waals surface area contributed by atoms with Crippen molar-refractivity contribution in [2.24, 2.45) is 11.7 Å². The molecule has 2 N–H and O–H groups in total. The van der Waals surface area contributed by atoms with Crippen LogP contribution in [0.1, 0.15) is 42.0 Å². The third kappa shape index (κ3) is 2.76. The molecule has 1 atom stereocenters. The summed E-state index contributed by atoms with van der Waals surface area (Å²) in [5.41, 5.74) is 10.2. The smallest absolute Gasteiger partial charge is 0.0472 e. The zero-order valence-corrected chi connectivity index (χ0v) is 11.9. The first-order valence-electron chi connectivity index (χ1n) is 7.10. The van der Waals surface area contributed by atoms with Crippen molar-refractivity contribution < 1.29 is 0 Å². The summed E-state index contributed by atoms with van der Waals surface area (Å²) in [6, 6.07) is 6.89. The third-order valence-corrected chi connectivity index (χ3v) is 4.40. The zero-order chi connectivity index (χ0) is 13.1. The van der Waals surface area contributed by atoms with Crippen molar-refractivity contribution in [2.75, 3.05) is 20.1 Å². The molecule has 0 bridgehead atoms. The maximum absolute atomic E-state index is 6.04. The minimum atomic E-state index is 0.367. The van der Waals surface area contributed by atoms with Crippen LogP contribution in [0.25, 0.3) is 0 Å².